The Morgan fingerprint density at radius 2 is 1.25 bits per heavy atom. The zero-order chi connectivity index (χ0) is 44.1. The highest BCUT2D eigenvalue weighted by Gasteiger charge is 2.45. The van der Waals surface area contributed by atoms with Gasteiger partial charge in [-0.3, -0.25) is 0 Å². The van der Waals surface area contributed by atoms with E-state index in [9.17, 15) is 5.26 Å². The minimum absolute atomic E-state index is 0.00828. The van der Waals surface area contributed by atoms with Crippen LogP contribution in [0.4, 0.5) is 17.1 Å². The summed E-state index contributed by atoms with van der Waals surface area (Å²) in [4.78, 5) is 2.57. The topological polar surface area (TPSA) is 36.9 Å². The molecule has 0 saturated heterocycles. The molecule has 11 aromatic rings. The molecule has 0 unspecified atom stereocenters. The molecule has 0 fully saturated rings. The molecule has 0 N–H and O–H groups in total. The standard InChI is InChI=1S/C59H45BN4S/c1-58(2,3)38-22-25-41(26-23-38)63-49-31-37(36-15-12-14-35(30-36)34-61)32-50-53(49)60(57-56(63)45-33-39(59(4,5)6)24-29-51(45)65-57)46-20-13-19-44-52-48(64(50)54(44)46)28-27-43-42-18-10-11-21-47(42)62(55(43)52)40-16-8-7-9-17-40/h7-33H,1-6H3. The molecule has 0 saturated carbocycles. The Morgan fingerprint density at radius 3 is 2.03 bits per heavy atom. The lowest BCUT2D eigenvalue weighted by molar-refractivity contribution is 0.590. The van der Waals surface area contributed by atoms with E-state index in [-0.39, 0.29) is 17.5 Å². The van der Waals surface area contributed by atoms with Gasteiger partial charge in [-0.15, -0.1) is 11.3 Å². The first kappa shape index (κ1) is 38.2. The van der Waals surface area contributed by atoms with Crippen LogP contribution in [0.25, 0.3) is 76.2 Å². The van der Waals surface area contributed by atoms with Gasteiger partial charge >= 0.3 is 0 Å². The quantitative estimate of drug-likeness (QED) is 0.166. The molecule has 0 aliphatic carbocycles. The second-order valence-corrected chi connectivity index (χ2v) is 21.2. The Labute approximate surface area is 383 Å². The first-order valence-electron chi connectivity index (χ1n) is 22.7. The van der Waals surface area contributed by atoms with Crippen LogP contribution in [0.2, 0.25) is 0 Å². The normalized spacial score (nSPS) is 13.3. The van der Waals surface area contributed by atoms with Crippen molar-refractivity contribution in [2.45, 2.75) is 52.4 Å². The van der Waals surface area contributed by atoms with Crippen LogP contribution >= 0.6 is 11.3 Å². The lowest BCUT2D eigenvalue weighted by atomic mass is 9.36. The largest absolute Gasteiger partial charge is 0.310 e. The third-order valence-corrected chi connectivity index (χ3v) is 15.4. The van der Waals surface area contributed by atoms with Crippen molar-refractivity contribution in [3.63, 3.8) is 0 Å². The van der Waals surface area contributed by atoms with Gasteiger partial charge in [0.25, 0.3) is 6.71 Å². The fraction of sp³-hybridized carbons (Fsp3) is 0.136. The van der Waals surface area contributed by atoms with Gasteiger partial charge in [0, 0.05) is 64.7 Å². The Morgan fingerprint density at radius 1 is 0.523 bits per heavy atom. The maximum Gasteiger partial charge on any atom is 0.264 e. The summed E-state index contributed by atoms with van der Waals surface area (Å²) in [7, 11) is 0. The molecule has 8 aromatic carbocycles. The lowest BCUT2D eigenvalue weighted by Crippen LogP contribution is -2.59. The zero-order valence-electron chi connectivity index (χ0n) is 37.4. The highest BCUT2D eigenvalue weighted by Crippen LogP contribution is 2.49. The first-order chi connectivity index (χ1) is 31.5. The first-order valence-corrected chi connectivity index (χ1v) is 23.5. The maximum atomic E-state index is 10.2. The van der Waals surface area contributed by atoms with Gasteiger partial charge in [-0.1, -0.05) is 133 Å². The van der Waals surface area contributed by atoms with Crippen molar-refractivity contribution in [2.75, 3.05) is 4.90 Å². The third-order valence-electron chi connectivity index (χ3n) is 14.2. The molecule has 13 rings (SSSR count). The molecule has 3 aromatic heterocycles. The van der Waals surface area contributed by atoms with Crippen LogP contribution in [-0.4, -0.2) is 15.8 Å². The number of nitrogens with zero attached hydrogens (tertiary/aromatic N) is 4. The van der Waals surface area contributed by atoms with Gasteiger partial charge in [-0.2, -0.15) is 5.26 Å². The van der Waals surface area contributed by atoms with Gasteiger partial charge in [-0.25, -0.2) is 0 Å². The summed E-state index contributed by atoms with van der Waals surface area (Å²) in [6.45, 7) is 13.8. The Kier molecular flexibility index (Phi) is 7.84. The number of benzene rings is 8. The summed E-state index contributed by atoms with van der Waals surface area (Å²) in [5.74, 6) is 0. The number of anilines is 3. The van der Waals surface area contributed by atoms with Crippen molar-refractivity contribution in [1.29, 1.82) is 5.26 Å². The molecule has 6 heteroatoms. The predicted octanol–water partition coefficient (Wildman–Crippen LogP) is 13.8. The molecule has 0 bridgehead atoms. The van der Waals surface area contributed by atoms with Gasteiger partial charge in [0.1, 0.15) is 0 Å². The number of thiophene rings is 1. The monoisotopic (exact) mass is 852 g/mol. The van der Waals surface area contributed by atoms with E-state index in [0.29, 0.717) is 5.56 Å². The second kappa shape index (κ2) is 13.4. The number of para-hydroxylation sites is 3. The number of rotatable bonds is 3. The molecule has 310 valence electrons. The van der Waals surface area contributed by atoms with E-state index in [4.69, 9.17) is 0 Å². The summed E-state index contributed by atoms with van der Waals surface area (Å²) in [5, 5.41) is 16.5. The SMILES string of the molecule is CC(C)(C)c1ccc(N2c3cc(-c4cccc(C#N)c4)cc4c3B(c3sc5ccc(C(C)(C)C)cc5c32)c2cccc3c5c(ccc6c7ccccc7n(-c7ccccc7)c65)n-4c23)cc1. The van der Waals surface area contributed by atoms with E-state index < -0.39 is 0 Å². The second-order valence-electron chi connectivity index (χ2n) is 20.1. The summed E-state index contributed by atoms with van der Waals surface area (Å²) in [6, 6.07) is 63.2. The summed E-state index contributed by atoms with van der Waals surface area (Å²) in [6.07, 6.45) is 0. The number of aromatic nitrogens is 2. The van der Waals surface area contributed by atoms with Crippen LogP contribution in [0.1, 0.15) is 58.2 Å². The highest BCUT2D eigenvalue weighted by atomic mass is 32.1. The van der Waals surface area contributed by atoms with E-state index in [0.717, 1.165) is 22.5 Å². The van der Waals surface area contributed by atoms with Crippen LogP contribution in [0, 0.1) is 11.3 Å². The molecule has 0 radical (unpaired) electrons. The molecule has 0 spiro atoms. The third kappa shape index (κ3) is 5.37. The van der Waals surface area contributed by atoms with Crippen LogP contribution < -0.4 is 20.6 Å². The number of nitriles is 1. The van der Waals surface area contributed by atoms with Crippen molar-refractivity contribution in [3.8, 4) is 28.6 Å². The highest BCUT2D eigenvalue weighted by molar-refractivity contribution is 7.33. The summed E-state index contributed by atoms with van der Waals surface area (Å²) >= 11 is 1.95. The van der Waals surface area contributed by atoms with Crippen LogP contribution in [0.5, 0.6) is 0 Å². The van der Waals surface area contributed by atoms with Crippen molar-refractivity contribution >= 4 is 105 Å². The molecule has 65 heavy (non-hydrogen) atoms. The van der Waals surface area contributed by atoms with Crippen molar-refractivity contribution in [2.24, 2.45) is 0 Å². The van der Waals surface area contributed by atoms with Crippen LogP contribution in [0.15, 0.2) is 164 Å². The molecule has 2 aliphatic heterocycles. The maximum absolute atomic E-state index is 10.2. The molecule has 5 heterocycles. The minimum atomic E-state index is -0.0220. The van der Waals surface area contributed by atoms with Gasteiger partial charge in [0.05, 0.1) is 33.9 Å². The molecule has 0 amide bonds. The molecule has 0 atom stereocenters. The summed E-state index contributed by atoms with van der Waals surface area (Å²) in [5.41, 5.74) is 18.8. The van der Waals surface area contributed by atoms with Gasteiger partial charge in [-0.05, 0) is 117 Å². The van der Waals surface area contributed by atoms with Crippen molar-refractivity contribution in [3.05, 3.63) is 180 Å². The Bertz CT molecular complexity index is 3870. The molecule has 4 nitrogen and oxygen atoms in total. The van der Waals surface area contributed by atoms with Gasteiger partial charge in [0.2, 0.25) is 0 Å². The van der Waals surface area contributed by atoms with Gasteiger partial charge < -0.3 is 14.0 Å². The fourth-order valence-electron chi connectivity index (χ4n) is 11.1. The number of hydrogen-bond acceptors (Lipinski definition) is 3. The minimum Gasteiger partial charge on any atom is -0.310 e. The summed E-state index contributed by atoms with van der Waals surface area (Å²) < 4.78 is 7.72. The molecular formula is C59H45BN4S. The molecular weight excluding hydrogens is 808 g/mol. The van der Waals surface area contributed by atoms with Crippen molar-refractivity contribution in [1.82, 2.24) is 9.13 Å². The van der Waals surface area contributed by atoms with E-state index in [2.05, 4.69) is 207 Å². The van der Waals surface area contributed by atoms with E-state index in [1.165, 1.54) is 97.6 Å². The fourth-order valence-corrected chi connectivity index (χ4v) is 12.4. The average Bonchev–Trinajstić information content (AvgIpc) is 3.98. The van der Waals surface area contributed by atoms with E-state index in [1.54, 1.807) is 0 Å². The van der Waals surface area contributed by atoms with Crippen LogP contribution in [0.3, 0.4) is 0 Å². The van der Waals surface area contributed by atoms with Crippen LogP contribution in [-0.2, 0) is 10.8 Å². The van der Waals surface area contributed by atoms with Crippen molar-refractivity contribution < 1.29 is 0 Å². The smallest absolute Gasteiger partial charge is 0.264 e. The van der Waals surface area contributed by atoms with Gasteiger partial charge in [0.15, 0.2) is 0 Å². The lowest BCUT2D eigenvalue weighted by Gasteiger charge is -2.39. The van der Waals surface area contributed by atoms with E-state index >= 15 is 0 Å². The molecule has 2 aliphatic rings. The average molecular weight is 853 g/mol. The zero-order valence-corrected chi connectivity index (χ0v) is 38.2. The predicted molar refractivity (Wildman–Crippen MR) is 277 cm³/mol. The Hall–Kier alpha value is -7.33. The Balaban J connectivity index is 1.21. The number of hydrogen-bond donors (Lipinski definition) is 0. The van der Waals surface area contributed by atoms with E-state index in [1.807, 2.05) is 29.5 Å². The number of fused-ring (bicyclic) bond motifs is 13.